The molecule has 0 unspecified atom stereocenters. The highest BCUT2D eigenvalue weighted by Crippen LogP contribution is 2.32. The molecule has 4 rings (SSSR count). The van der Waals surface area contributed by atoms with Crippen molar-refractivity contribution in [1.82, 2.24) is 25.4 Å². The average molecular weight is 330 g/mol. The highest BCUT2D eigenvalue weighted by Gasteiger charge is 2.12. The molecule has 2 N–H and O–H groups in total. The number of fused-ring (bicyclic) bond motifs is 1. The third kappa shape index (κ3) is 2.15. The standard InChI is InChI=1S/C15H9Cl2N5/c16-11-3-1-8(6-12(11)17)14-10-5-9(15-18-7-19-22-15)2-4-13(10)20-21-14/h1-7H,(H,20,21)(H,18,19,22). The number of H-pyrrole nitrogens is 2. The fourth-order valence-electron chi connectivity index (χ4n) is 2.36. The summed E-state index contributed by atoms with van der Waals surface area (Å²) in [4.78, 5) is 4.17. The van der Waals surface area contributed by atoms with Crippen molar-refractivity contribution in [2.45, 2.75) is 0 Å². The Labute approximate surface area is 135 Å². The van der Waals surface area contributed by atoms with Crippen molar-refractivity contribution in [2.75, 3.05) is 0 Å². The molecule has 0 saturated carbocycles. The first-order valence-electron chi connectivity index (χ1n) is 6.52. The predicted molar refractivity (Wildman–Crippen MR) is 86.9 cm³/mol. The zero-order valence-corrected chi connectivity index (χ0v) is 12.7. The summed E-state index contributed by atoms with van der Waals surface area (Å²) in [6.45, 7) is 0. The van der Waals surface area contributed by atoms with Crippen molar-refractivity contribution in [3.8, 4) is 22.6 Å². The molecule has 0 bridgehead atoms. The number of benzene rings is 2. The maximum Gasteiger partial charge on any atom is 0.180 e. The molecule has 2 aromatic carbocycles. The third-order valence-electron chi connectivity index (χ3n) is 3.43. The molecule has 0 aliphatic rings. The predicted octanol–water partition coefficient (Wildman–Crippen LogP) is 4.32. The largest absolute Gasteiger partial charge is 0.277 e. The fraction of sp³-hybridized carbons (Fsp3) is 0. The number of nitrogens with zero attached hydrogens (tertiary/aromatic N) is 3. The van der Waals surface area contributed by atoms with E-state index < -0.39 is 0 Å². The number of aromatic nitrogens is 5. The van der Waals surface area contributed by atoms with Crippen molar-refractivity contribution < 1.29 is 0 Å². The van der Waals surface area contributed by atoms with Gasteiger partial charge in [-0.2, -0.15) is 10.2 Å². The van der Waals surface area contributed by atoms with Crippen LogP contribution in [-0.4, -0.2) is 25.4 Å². The summed E-state index contributed by atoms with van der Waals surface area (Å²) in [5.74, 6) is 0.642. The van der Waals surface area contributed by atoms with E-state index in [9.17, 15) is 0 Å². The van der Waals surface area contributed by atoms with Crippen LogP contribution in [0.4, 0.5) is 0 Å². The van der Waals surface area contributed by atoms with Crippen molar-refractivity contribution in [2.24, 2.45) is 0 Å². The van der Waals surface area contributed by atoms with Crippen molar-refractivity contribution >= 4 is 34.1 Å². The minimum atomic E-state index is 0.500. The lowest BCUT2D eigenvalue weighted by atomic mass is 10.1. The number of hydrogen-bond acceptors (Lipinski definition) is 3. The first-order chi connectivity index (χ1) is 10.7. The molecule has 5 nitrogen and oxygen atoms in total. The molecule has 0 aliphatic carbocycles. The highest BCUT2D eigenvalue weighted by molar-refractivity contribution is 6.42. The molecule has 0 amide bonds. The van der Waals surface area contributed by atoms with Gasteiger partial charge in [-0.25, -0.2) is 4.98 Å². The Morgan fingerprint density at radius 2 is 1.73 bits per heavy atom. The highest BCUT2D eigenvalue weighted by atomic mass is 35.5. The van der Waals surface area contributed by atoms with E-state index >= 15 is 0 Å². The van der Waals surface area contributed by atoms with E-state index in [1.165, 1.54) is 0 Å². The molecule has 0 saturated heterocycles. The van der Waals surface area contributed by atoms with Crippen LogP contribution in [0.5, 0.6) is 0 Å². The second-order valence-corrected chi connectivity index (χ2v) is 5.60. The molecule has 2 heterocycles. The van der Waals surface area contributed by atoms with Crippen LogP contribution in [0.3, 0.4) is 0 Å². The SMILES string of the molecule is Clc1ccc(-c2n[nH]c3ccc(-c4nc[nH]n4)cc23)cc1Cl. The van der Waals surface area contributed by atoms with Crippen LogP contribution in [0.25, 0.3) is 33.5 Å². The lowest BCUT2D eigenvalue weighted by Gasteiger charge is -2.02. The molecule has 7 heteroatoms. The van der Waals surface area contributed by atoms with Crippen LogP contribution in [0, 0.1) is 0 Å². The minimum absolute atomic E-state index is 0.500. The van der Waals surface area contributed by atoms with Crippen LogP contribution in [0.2, 0.25) is 10.0 Å². The maximum atomic E-state index is 6.10. The lowest BCUT2D eigenvalue weighted by molar-refractivity contribution is 1.10. The topological polar surface area (TPSA) is 70.2 Å². The quantitative estimate of drug-likeness (QED) is 0.575. The molecule has 0 fully saturated rings. The molecule has 0 spiro atoms. The van der Waals surface area contributed by atoms with E-state index in [-0.39, 0.29) is 0 Å². The van der Waals surface area contributed by atoms with Gasteiger partial charge in [-0.1, -0.05) is 29.3 Å². The number of aromatic amines is 2. The van der Waals surface area contributed by atoms with Gasteiger partial charge in [0, 0.05) is 16.5 Å². The monoisotopic (exact) mass is 329 g/mol. The second-order valence-electron chi connectivity index (χ2n) is 4.78. The molecule has 0 aliphatic heterocycles. The molecular weight excluding hydrogens is 321 g/mol. The van der Waals surface area contributed by atoms with Gasteiger partial charge in [0.15, 0.2) is 5.82 Å². The van der Waals surface area contributed by atoms with Crippen LogP contribution in [0.15, 0.2) is 42.7 Å². The van der Waals surface area contributed by atoms with Gasteiger partial charge in [-0.3, -0.25) is 10.2 Å². The number of halogens is 2. The Balaban J connectivity index is 1.91. The van der Waals surface area contributed by atoms with E-state index in [2.05, 4.69) is 25.4 Å². The summed E-state index contributed by atoms with van der Waals surface area (Å²) in [6, 6.07) is 11.4. The lowest BCUT2D eigenvalue weighted by Crippen LogP contribution is -1.82. The number of nitrogens with one attached hydrogen (secondary N) is 2. The molecular formula is C15H9Cl2N5. The smallest absolute Gasteiger partial charge is 0.180 e. The summed E-state index contributed by atoms with van der Waals surface area (Å²) in [7, 11) is 0. The van der Waals surface area contributed by atoms with Crippen LogP contribution >= 0.6 is 23.2 Å². The Morgan fingerprint density at radius 3 is 2.50 bits per heavy atom. The summed E-state index contributed by atoms with van der Waals surface area (Å²) < 4.78 is 0. The summed E-state index contributed by atoms with van der Waals surface area (Å²) in [5.41, 5.74) is 3.55. The van der Waals surface area contributed by atoms with E-state index in [0.717, 1.165) is 27.7 Å². The second kappa shape index (κ2) is 5.12. The van der Waals surface area contributed by atoms with Crippen LogP contribution in [-0.2, 0) is 0 Å². The van der Waals surface area contributed by atoms with Crippen LogP contribution in [0.1, 0.15) is 0 Å². The molecule has 2 aromatic heterocycles. The maximum absolute atomic E-state index is 6.10. The summed E-state index contributed by atoms with van der Waals surface area (Å²) >= 11 is 12.1. The Bertz CT molecular complexity index is 959. The van der Waals surface area contributed by atoms with Crippen LogP contribution < -0.4 is 0 Å². The number of rotatable bonds is 2. The minimum Gasteiger partial charge on any atom is -0.277 e. The van der Waals surface area contributed by atoms with Gasteiger partial charge in [0.1, 0.15) is 6.33 Å². The van der Waals surface area contributed by atoms with Crippen molar-refractivity contribution in [3.05, 3.63) is 52.8 Å². The third-order valence-corrected chi connectivity index (χ3v) is 4.17. The van der Waals surface area contributed by atoms with Crippen molar-refractivity contribution in [1.29, 1.82) is 0 Å². The Hall–Kier alpha value is -2.37. The molecule has 108 valence electrons. The van der Waals surface area contributed by atoms with Gasteiger partial charge < -0.3 is 0 Å². The average Bonchev–Trinajstić information content (AvgIpc) is 3.18. The summed E-state index contributed by atoms with van der Waals surface area (Å²) in [6.07, 6.45) is 1.55. The van der Waals surface area contributed by atoms with Gasteiger partial charge in [-0.15, -0.1) is 0 Å². The molecule has 0 radical (unpaired) electrons. The molecule has 0 atom stereocenters. The van der Waals surface area contributed by atoms with E-state index in [1.807, 2.05) is 24.3 Å². The van der Waals surface area contributed by atoms with Gasteiger partial charge in [0.2, 0.25) is 0 Å². The zero-order chi connectivity index (χ0) is 15.1. The van der Waals surface area contributed by atoms with Gasteiger partial charge in [-0.05, 0) is 30.3 Å². The zero-order valence-electron chi connectivity index (χ0n) is 11.1. The summed E-state index contributed by atoms with van der Waals surface area (Å²) in [5, 5.41) is 16.2. The van der Waals surface area contributed by atoms with Gasteiger partial charge >= 0.3 is 0 Å². The Morgan fingerprint density at radius 1 is 0.864 bits per heavy atom. The molecule has 22 heavy (non-hydrogen) atoms. The van der Waals surface area contributed by atoms with E-state index in [0.29, 0.717) is 15.9 Å². The van der Waals surface area contributed by atoms with E-state index in [4.69, 9.17) is 23.2 Å². The first-order valence-corrected chi connectivity index (χ1v) is 7.27. The molecule has 4 aromatic rings. The Kier molecular flexibility index (Phi) is 3.10. The van der Waals surface area contributed by atoms with Gasteiger partial charge in [0.05, 0.1) is 21.3 Å². The first kappa shape index (κ1) is 13.3. The van der Waals surface area contributed by atoms with Gasteiger partial charge in [0.25, 0.3) is 0 Å². The van der Waals surface area contributed by atoms with Crippen molar-refractivity contribution in [3.63, 3.8) is 0 Å². The number of hydrogen-bond donors (Lipinski definition) is 2. The van der Waals surface area contributed by atoms with E-state index in [1.54, 1.807) is 18.5 Å². The fourth-order valence-corrected chi connectivity index (χ4v) is 2.66. The normalized spacial score (nSPS) is 11.2.